The van der Waals surface area contributed by atoms with Gasteiger partial charge in [-0.05, 0) is 0 Å². The van der Waals surface area contributed by atoms with Crippen LogP contribution in [0.25, 0.3) is 0 Å². The van der Waals surface area contributed by atoms with Crippen molar-refractivity contribution in [3.63, 3.8) is 0 Å². The number of amidine groups is 1. The summed E-state index contributed by atoms with van der Waals surface area (Å²) in [6.07, 6.45) is -0.872. The fourth-order valence-corrected chi connectivity index (χ4v) is 2.16. The first-order valence-corrected chi connectivity index (χ1v) is 8.20. The van der Waals surface area contributed by atoms with Crippen LogP contribution in [0.3, 0.4) is 0 Å². The average Bonchev–Trinajstić information content (AvgIpc) is 2.66. The highest BCUT2D eigenvalue weighted by atomic mass is 19.4. The second-order valence-electron chi connectivity index (χ2n) is 5.58. The highest BCUT2D eigenvalue weighted by molar-refractivity contribution is 5.93. The van der Waals surface area contributed by atoms with Gasteiger partial charge in [0.2, 0.25) is 5.95 Å². The van der Waals surface area contributed by atoms with E-state index in [9.17, 15) is 18.0 Å². The summed E-state index contributed by atoms with van der Waals surface area (Å²) in [5, 5.41) is 8.53. The number of amides is 1. The number of rotatable bonds is 3. The number of hydrogen-bond donors (Lipinski definition) is 2. The Morgan fingerprint density at radius 2 is 1.89 bits per heavy atom. The smallest absolute Gasteiger partial charge is 0.332 e. The van der Waals surface area contributed by atoms with Gasteiger partial charge in [0.1, 0.15) is 11.5 Å². The molecule has 0 aromatic carbocycles. The maximum atomic E-state index is 12.8. The van der Waals surface area contributed by atoms with E-state index in [1.54, 1.807) is 4.90 Å². The van der Waals surface area contributed by atoms with Crippen molar-refractivity contribution in [1.82, 2.24) is 20.3 Å². The minimum Gasteiger partial charge on any atom is -0.332 e. The van der Waals surface area contributed by atoms with E-state index in [2.05, 4.69) is 35.4 Å². The number of hydroxylamine groups is 1. The number of nitrogens with zero attached hydrogens (tertiary/aromatic N) is 5. The van der Waals surface area contributed by atoms with Gasteiger partial charge >= 0.3 is 6.18 Å². The zero-order chi connectivity index (χ0) is 20.6. The number of carbonyl (C=O) groups excluding carboxylic acids is 1. The molecule has 0 radical (unpaired) electrons. The number of piperazine rings is 1. The molecular formula is C16H23F3N6O2. The van der Waals surface area contributed by atoms with Crippen LogP contribution >= 0.6 is 0 Å². The predicted octanol–water partition coefficient (Wildman–Crippen LogP) is 2.24. The van der Waals surface area contributed by atoms with Gasteiger partial charge in [-0.1, -0.05) is 26.8 Å². The summed E-state index contributed by atoms with van der Waals surface area (Å²) in [6.45, 7) is 7.65. The number of aliphatic imine (C=N–C) groups is 1. The van der Waals surface area contributed by atoms with Crippen molar-refractivity contribution in [2.24, 2.45) is 4.99 Å². The van der Waals surface area contributed by atoms with Crippen molar-refractivity contribution in [1.29, 1.82) is 0 Å². The molecule has 1 saturated heterocycles. The SMILES string of the molecule is C=C(N1CCN(c2ncc(C(=O)NO)cn2)CC1=NC)C(F)(F)F.CCC. The van der Waals surface area contributed by atoms with E-state index in [1.807, 2.05) is 0 Å². The van der Waals surface area contributed by atoms with Gasteiger partial charge in [-0.2, -0.15) is 13.2 Å². The molecule has 0 aliphatic carbocycles. The third-order valence-corrected chi connectivity index (χ3v) is 3.43. The van der Waals surface area contributed by atoms with Crippen molar-refractivity contribution in [3.05, 3.63) is 30.2 Å². The molecule has 1 amide bonds. The predicted molar refractivity (Wildman–Crippen MR) is 94.7 cm³/mol. The molecule has 1 aliphatic heterocycles. The van der Waals surface area contributed by atoms with Gasteiger partial charge in [0.15, 0.2) is 0 Å². The number of allylic oxidation sites excluding steroid dienone is 1. The Morgan fingerprint density at radius 3 is 2.33 bits per heavy atom. The molecule has 2 heterocycles. The molecule has 0 saturated carbocycles. The van der Waals surface area contributed by atoms with Gasteiger partial charge < -0.3 is 9.80 Å². The molecule has 8 nitrogen and oxygen atoms in total. The Hall–Kier alpha value is -2.69. The molecule has 1 aliphatic rings. The van der Waals surface area contributed by atoms with Crippen molar-refractivity contribution in [3.8, 4) is 0 Å². The molecule has 2 N–H and O–H groups in total. The molecule has 150 valence electrons. The maximum Gasteiger partial charge on any atom is 0.430 e. The van der Waals surface area contributed by atoms with Gasteiger partial charge in [0.05, 0.1) is 12.1 Å². The first-order chi connectivity index (χ1) is 12.7. The van der Waals surface area contributed by atoms with Crippen LogP contribution in [0.2, 0.25) is 0 Å². The summed E-state index contributed by atoms with van der Waals surface area (Å²) in [6, 6.07) is 0. The van der Waals surface area contributed by atoms with Gasteiger partial charge in [0.25, 0.3) is 5.91 Å². The molecule has 27 heavy (non-hydrogen) atoms. The van der Waals surface area contributed by atoms with E-state index < -0.39 is 17.8 Å². The summed E-state index contributed by atoms with van der Waals surface area (Å²) in [7, 11) is 1.39. The molecule has 1 aromatic heterocycles. The van der Waals surface area contributed by atoms with Crippen molar-refractivity contribution < 1.29 is 23.2 Å². The van der Waals surface area contributed by atoms with E-state index >= 15 is 0 Å². The fourth-order valence-electron chi connectivity index (χ4n) is 2.16. The largest absolute Gasteiger partial charge is 0.430 e. The Balaban J connectivity index is 0.00000114. The van der Waals surface area contributed by atoms with E-state index in [0.29, 0.717) is 0 Å². The molecule has 0 unspecified atom stereocenters. The molecule has 0 spiro atoms. The lowest BCUT2D eigenvalue weighted by Gasteiger charge is -2.38. The van der Waals surface area contributed by atoms with E-state index in [0.717, 1.165) is 4.90 Å². The number of anilines is 1. The zero-order valence-electron chi connectivity index (χ0n) is 15.4. The maximum absolute atomic E-state index is 12.8. The highest BCUT2D eigenvalue weighted by Gasteiger charge is 2.39. The third-order valence-electron chi connectivity index (χ3n) is 3.43. The van der Waals surface area contributed by atoms with Crippen molar-refractivity contribution >= 4 is 17.7 Å². The van der Waals surface area contributed by atoms with Gasteiger partial charge in [-0.3, -0.25) is 15.0 Å². The summed E-state index contributed by atoms with van der Waals surface area (Å²) < 4.78 is 38.5. The molecule has 1 aromatic rings. The molecule has 2 rings (SSSR count). The van der Waals surface area contributed by atoms with Crippen molar-refractivity contribution in [2.45, 2.75) is 26.4 Å². The van der Waals surface area contributed by atoms with Gasteiger partial charge in [-0.25, -0.2) is 15.4 Å². The van der Waals surface area contributed by atoms with Crippen LogP contribution in [0.5, 0.6) is 0 Å². The number of alkyl halides is 3. The van der Waals surface area contributed by atoms with Crippen molar-refractivity contribution in [2.75, 3.05) is 31.6 Å². The topological polar surface area (TPSA) is 94.0 Å². The second-order valence-corrected chi connectivity index (χ2v) is 5.58. The molecule has 0 bridgehead atoms. The number of halogens is 3. The van der Waals surface area contributed by atoms with Crippen LogP contribution in [0.15, 0.2) is 29.7 Å². The van der Waals surface area contributed by atoms with Gasteiger partial charge in [-0.15, -0.1) is 0 Å². The molecule has 1 fully saturated rings. The van der Waals surface area contributed by atoms with E-state index in [4.69, 9.17) is 5.21 Å². The summed E-state index contributed by atoms with van der Waals surface area (Å²) >= 11 is 0. The summed E-state index contributed by atoms with van der Waals surface area (Å²) in [5.41, 5.74) is 0.531. The number of aromatic nitrogens is 2. The standard InChI is InChI=1S/C13H15F3N6O2.C3H8/c1-8(13(14,15)16)22-4-3-21(7-10(22)17-2)12-18-5-9(6-19-12)11(23)20-24;1-3-2/h5-6,24H,1,3-4,7H2,2H3,(H,20,23);3H2,1-2H3. The monoisotopic (exact) mass is 388 g/mol. The number of hydrogen-bond acceptors (Lipinski definition) is 6. The Kier molecular flexibility index (Phi) is 8.16. The van der Waals surface area contributed by atoms with Crippen LogP contribution in [0, 0.1) is 0 Å². The van der Waals surface area contributed by atoms with E-state index in [-0.39, 0.29) is 37.0 Å². The highest BCUT2D eigenvalue weighted by Crippen LogP contribution is 2.28. The zero-order valence-corrected chi connectivity index (χ0v) is 15.4. The first kappa shape index (κ1) is 22.4. The lowest BCUT2D eigenvalue weighted by atomic mass is 10.2. The van der Waals surface area contributed by atoms with Crippen LogP contribution in [0.4, 0.5) is 19.1 Å². The lowest BCUT2D eigenvalue weighted by molar-refractivity contribution is -0.105. The van der Waals surface area contributed by atoms with Crippen LogP contribution < -0.4 is 10.4 Å². The fraction of sp³-hybridized carbons (Fsp3) is 0.500. The minimum atomic E-state index is -4.53. The quantitative estimate of drug-likeness (QED) is 0.609. The van der Waals surface area contributed by atoms with Crippen LogP contribution in [-0.4, -0.2) is 64.7 Å². The molecular weight excluding hydrogens is 365 g/mol. The molecule has 11 heteroatoms. The number of carbonyl (C=O) groups is 1. The average molecular weight is 388 g/mol. The molecule has 0 atom stereocenters. The van der Waals surface area contributed by atoms with E-state index in [1.165, 1.54) is 31.3 Å². The Labute approximate surface area is 155 Å². The Morgan fingerprint density at radius 1 is 1.33 bits per heavy atom. The second kappa shape index (κ2) is 9.86. The van der Waals surface area contributed by atoms with Gasteiger partial charge in [0, 0.05) is 32.5 Å². The third kappa shape index (κ3) is 5.91. The normalized spacial score (nSPS) is 15.9. The summed E-state index contributed by atoms with van der Waals surface area (Å²) in [4.78, 5) is 25.7. The number of nitrogens with one attached hydrogen (secondary N) is 1. The van der Waals surface area contributed by atoms with Crippen LogP contribution in [-0.2, 0) is 0 Å². The lowest BCUT2D eigenvalue weighted by Crippen LogP contribution is -2.52. The van der Waals surface area contributed by atoms with Crippen LogP contribution in [0.1, 0.15) is 30.6 Å². The first-order valence-electron chi connectivity index (χ1n) is 8.20. The summed E-state index contributed by atoms with van der Waals surface area (Å²) in [5.74, 6) is -0.337. The minimum absolute atomic E-state index is 0.0211. The Bertz CT molecular complexity index is 676.